The van der Waals surface area contributed by atoms with E-state index in [1.165, 1.54) is 0 Å². The highest BCUT2D eigenvalue weighted by Crippen LogP contribution is 2.25. The van der Waals surface area contributed by atoms with E-state index < -0.39 is 0 Å². The van der Waals surface area contributed by atoms with Gasteiger partial charge in [0.2, 0.25) is 5.91 Å². The smallest absolute Gasteiger partial charge is 0.236 e. The van der Waals surface area contributed by atoms with Crippen molar-refractivity contribution in [2.75, 3.05) is 39.0 Å². The zero-order valence-electron chi connectivity index (χ0n) is 14.6. The summed E-state index contributed by atoms with van der Waals surface area (Å²) in [5, 5.41) is 3.07. The monoisotopic (exact) mass is 341 g/mol. The van der Waals surface area contributed by atoms with E-state index in [9.17, 15) is 4.79 Å². The molecular weight excluding hydrogens is 318 g/mol. The van der Waals surface area contributed by atoms with Crippen LogP contribution < -0.4 is 5.32 Å². The predicted molar refractivity (Wildman–Crippen MR) is 94.5 cm³/mol. The van der Waals surface area contributed by atoms with Crippen LogP contribution in [0.1, 0.15) is 24.5 Å². The van der Waals surface area contributed by atoms with Crippen LogP contribution in [0.5, 0.6) is 0 Å². The van der Waals surface area contributed by atoms with Crippen LogP contribution in [-0.4, -0.2) is 69.4 Å². The Morgan fingerprint density at radius 2 is 2.04 bits per heavy atom. The summed E-state index contributed by atoms with van der Waals surface area (Å²) in [6, 6.07) is 0. The molecule has 1 N–H and O–H groups in total. The Balaban J connectivity index is 1.60. The molecule has 3 heterocycles. The molecule has 0 spiro atoms. The van der Waals surface area contributed by atoms with Gasteiger partial charge in [0.1, 0.15) is 11.6 Å². The molecule has 8 nitrogen and oxygen atoms in total. The first kappa shape index (κ1) is 17.2. The quantitative estimate of drug-likeness (QED) is 0.876. The van der Waals surface area contributed by atoms with Crippen LogP contribution in [0, 0.1) is 0 Å². The Morgan fingerprint density at radius 3 is 2.72 bits per heavy atom. The first-order valence-electron chi connectivity index (χ1n) is 8.39. The van der Waals surface area contributed by atoms with Crippen molar-refractivity contribution in [2.24, 2.45) is 0 Å². The molecule has 1 amide bonds. The summed E-state index contributed by atoms with van der Waals surface area (Å²) in [7, 11) is 3.58. The molecule has 2 aromatic heterocycles. The van der Waals surface area contributed by atoms with E-state index >= 15 is 0 Å². The van der Waals surface area contributed by atoms with Gasteiger partial charge in [0, 0.05) is 39.0 Å². The maximum absolute atomic E-state index is 11.9. The number of carbonyl (C=O) groups excluding carboxylic acids is 1. The number of likely N-dealkylation sites (N-methyl/N-ethyl adjacent to an activating group) is 1. The fourth-order valence-electron chi connectivity index (χ4n) is 2.88. The van der Waals surface area contributed by atoms with E-state index in [4.69, 9.17) is 0 Å². The third kappa shape index (κ3) is 4.69. The van der Waals surface area contributed by atoms with Gasteiger partial charge in [0.25, 0.3) is 0 Å². The number of hydrogen-bond donors (Lipinski definition) is 1. The standard InChI is InChI=1S/C17H23N7O/c1-23(2)17(25)12-24-7-3-4-13(11-24)14-8-21-16(10-20-14)22-15-9-18-5-6-19-15/h5-6,8-10,13H,3-4,7,11-12H2,1-2H3,(H,19,21,22)/t13-/m0/s1. The lowest BCUT2D eigenvalue weighted by atomic mass is 9.95. The van der Waals surface area contributed by atoms with Crippen molar-refractivity contribution < 1.29 is 4.79 Å². The van der Waals surface area contributed by atoms with E-state index in [-0.39, 0.29) is 5.91 Å². The Bertz CT molecular complexity index is 690. The minimum atomic E-state index is 0.134. The van der Waals surface area contributed by atoms with Crippen molar-refractivity contribution in [3.8, 4) is 0 Å². The lowest BCUT2D eigenvalue weighted by Gasteiger charge is -2.32. The van der Waals surface area contributed by atoms with Crippen LogP contribution in [0.15, 0.2) is 31.0 Å². The summed E-state index contributed by atoms with van der Waals surface area (Å²) in [5.41, 5.74) is 0.965. The number of anilines is 2. The van der Waals surface area contributed by atoms with Gasteiger partial charge < -0.3 is 10.2 Å². The van der Waals surface area contributed by atoms with Gasteiger partial charge in [-0.2, -0.15) is 0 Å². The number of hydrogen-bond acceptors (Lipinski definition) is 7. The maximum Gasteiger partial charge on any atom is 0.236 e. The first-order chi connectivity index (χ1) is 12.1. The second kappa shape index (κ2) is 7.98. The molecule has 0 saturated carbocycles. The molecule has 132 valence electrons. The third-order valence-electron chi connectivity index (χ3n) is 4.27. The van der Waals surface area contributed by atoms with Crippen LogP contribution in [0.2, 0.25) is 0 Å². The summed E-state index contributed by atoms with van der Waals surface area (Å²) in [4.78, 5) is 32.9. The number of rotatable bonds is 5. The summed E-state index contributed by atoms with van der Waals surface area (Å²) in [6.45, 7) is 2.25. The molecule has 3 rings (SSSR count). The van der Waals surface area contributed by atoms with E-state index in [2.05, 4.69) is 30.2 Å². The zero-order valence-corrected chi connectivity index (χ0v) is 14.6. The number of nitrogens with one attached hydrogen (secondary N) is 1. The van der Waals surface area contributed by atoms with E-state index in [0.717, 1.165) is 31.6 Å². The topological polar surface area (TPSA) is 87.1 Å². The van der Waals surface area contributed by atoms with Crippen LogP contribution in [0.3, 0.4) is 0 Å². The van der Waals surface area contributed by atoms with Crippen LogP contribution in [0.25, 0.3) is 0 Å². The SMILES string of the molecule is CN(C)C(=O)CN1CCC[C@H](c2cnc(Nc3cnccn3)cn2)C1. The number of nitrogens with zero attached hydrogens (tertiary/aromatic N) is 6. The molecule has 1 saturated heterocycles. The number of amides is 1. The molecule has 8 heteroatoms. The van der Waals surface area contributed by atoms with Crippen molar-refractivity contribution >= 4 is 17.5 Å². The molecule has 0 aliphatic carbocycles. The van der Waals surface area contributed by atoms with Crippen molar-refractivity contribution in [1.29, 1.82) is 0 Å². The Morgan fingerprint density at radius 1 is 1.20 bits per heavy atom. The minimum Gasteiger partial charge on any atom is -0.348 e. The fourth-order valence-corrected chi connectivity index (χ4v) is 2.88. The number of piperidine rings is 1. The number of carbonyl (C=O) groups is 1. The lowest BCUT2D eigenvalue weighted by molar-refractivity contribution is -0.130. The average Bonchev–Trinajstić information content (AvgIpc) is 2.63. The van der Waals surface area contributed by atoms with Crippen molar-refractivity contribution in [1.82, 2.24) is 29.7 Å². The largest absolute Gasteiger partial charge is 0.348 e. The van der Waals surface area contributed by atoms with Crippen LogP contribution >= 0.6 is 0 Å². The van der Waals surface area contributed by atoms with Gasteiger partial charge >= 0.3 is 0 Å². The second-order valence-electron chi connectivity index (χ2n) is 6.40. The van der Waals surface area contributed by atoms with Crippen LogP contribution in [0.4, 0.5) is 11.6 Å². The minimum absolute atomic E-state index is 0.134. The molecule has 2 aromatic rings. The van der Waals surface area contributed by atoms with Gasteiger partial charge in [-0.3, -0.25) is 19.7 Å². The Kier molecular flexibility index (Phi) is 5.49. The summed E-state index contributed by atoms with van der Waals surface area (Å²) in [6.07, 6.45) is 10.5. The number of likely N-dealkylation sites (tertiary alicyclic amines) is 1. The fraction of sp³-hybridized carbons (Fsp3) is 0.471. The highest BCUT2D eigenvalue weighted by Gasteiger charge is 2.24. The summed E-state index contributed by atoms with van der Waals surface area (Å²) in [5.74, 6) is 1.72. The highest BCUT2D eigenvalue weighted by molar-refractivity contribution is 5.77. The molecule has 0 radical (unpaired) electrons. The third-order valence-corrected chi connectivity index (χ3v) is 4.27. The normalized spacial score (nSPS) is 17.9. The first-order valence-corrected chi connectivity index (χ1v) is 8.39. The maximum atomic E-state index is 11.9. The van der Waals surface area contributed by atoms with E-state index in [1.54, 1.807) is 50.0 Å². The molecule has 1 aliphatic heterocycles. The number of aromatic nitrogens is 4. The van der Waals surface area contributed by atoms with E-state index in [1.807, 2.05) is 0 Å². The predicted octanol–water partition coefficient (Wildman–Crippen LogP) is 1.28. The molecule has 1 aliphatic rings. The van der Waals surface area contributed by atoms with Gasteiger partial charge in [-0.1, -0.05) is 0 Å². The second-order valence-corrected chi connectivity index (χ2v) is 6.40. The Hall–Kier alpha value is -2.61. The molecule has 0 bridgehead atoms. The van der Waals surface area contributed by atoms with E-state index in [0.29, 0.717) is 24.1 Å². The Labute approximate surface area is 147 Å². The average molecular weight is 341 g/mol. The highest BCUT2D eigenvalue weighted by atomic mass is 16.2. The molecule has 1 atom stereocenters. The van der Waals surface area contributed by atoms with Crippen molar-refractivity contribution in [2.45, 2.75) is 18.8 Å². The van der Waals surface area contributed by atoms with Crippen molar-refractivity contribution in [3.63, 3.8) is 0 Å². The zero-order chi connectivity index (χ0) is 17.6. The molecule has 0 aromatic carbocycles. The van der Waals surface area contributed by atoms with Gasteiger partial charge in [-0.15, -0.1) is 0 Å². The van der Waals surface area contributed by atoms with Gasteiger partial charge in [0.15, 0.2) is 0 Å². The molecule has 1 fully saturated rings. The van der Waals surface area contributed by atoms with Gasteiger partial charge in [-0.25, -0.2) is 9.97 Å². The lowest BCUT2D eigenvalue weighted by Crippen LogP contribution is -2.41. The molecule has 25 heavy (non-hydrogen) atoms. The summed E-state index contributed by atoms with van der Waals surface area (Å²) < 4.78 is 0. The van der Waals surface area contributed by atoms with Crippen LogP contribution in [-0.2, 0) is 4.79 Å². The summed E-state index contributed by atoms with van der Waals surface area (Å²) >= 11 is 0. The van der Waals surface area contributed by atoms with Gasteiger partial charge in [-0.05, 0) is 19.4 Å². The van der Waals surface area contributed by atoms with Crippen molar-refractivity contribution in [3.05, 3.63) is 36.7 Å². The van der Waals surface area contributed by atoms with Gasteiger partial charge in [0.05, 0.1) is 30.8 Å². The molecule has 0 unspecified atom stereocenters. The molecular formula is C17H23N7O.